The van der Waals surface area contributed by atoms with Crippen LogP contribution in [0.2, 0.25) is 0 Å². The molecule has 1 saturated carbocycles. The minimum absolute atomic E-state index is 0.283. The van der Waals surface area contributed by atoms with Gasteiger partial charge >= 0.3 is 0 Å². The van der Waals surface area contributed by atoms with Crippen molar-refractivity contribution in [2.75, 3.05) is 17.7 Å². The molecule has 0 radical (unpaired) electrons. The van der Waals surface area contributed by atoms with Gasteiger partial charge in [0, 0.05) is 18.4 Å². The molecular weight excluding hydrogens is 230 g/mol. The number of hydrogen-bond donors (Lipinski definition) is 2. The highest BCUT2D eigenvalue weighted by molar-refractivity contribution is 8.01. The van der Waals surface area contributed by atoms with Gasteiger partial charge in [0.05, 0.1) is 0 Å². The molecule has 4 nitrogen and oxygen atoms in total. The Balaban J connectivity index is 1.69. The van der Waals surface area contributed by atoms with E-state index in [0.717, 1.165) is 28.1 Å². The van der Waals surface area contributed by atoms with Crippen LogP contribution in [0.1, 0.15) is 25.7 Å². The maximum atomic E-state index is 8.63. The fourth-order valence-corrected chi connectivity index (χ4v) is 3.00. The normalized spacial score (nSPS) is 15.5. The van der Waals surface area contributed by atoms with E-state index in [4.69, 9.17) is 5.11 Å². The predicted octanol–water partition coefficient (Wildman–Crippen LogP) is 1.98. The predicted molar refractivity (Wildman–Crippen MR) is 63.6 cm³/mol. The molecule has 0 bridgehead atoms. The number of aliphatic hydroxyl groups is 1. The third-order valence-corrected chi connectivity index (χ3v) is 4.16. The molecule has 1 heterocycles. The minimum Gasteiger partial charge on any atom is -0.396 e. The summed E-state index contributed by atoms with van der Waals surface area (Å²) in [5.74, 6) is 1.01. The zero-order chi connectivity index (χ0) is 10.5. The van der Waals surface area contributed by atoms with Crippen molar-refractivity contribution in [3.05, 3.63) is 0 Å². The summed E-state index contributed by atoms with van der Waals surface area (Å²) >= 11 is 3.35. The van der Waals surface area contributed by atoms with Gasteiger partial charge in [-0.2, -0.15) is 0 Å². The van der Waals surface area contributed by atoms with Crippen LogP contribution in [0.25, 0.3) is 0 Å². The van der Waals surface area contributed by atoms with E-state index >= 15 is 0 Å². The molecule has 0 amide bonds. The lowest BCUT2D eigenvalue weighted by Crippen LogP contribution is -1.99. The molecule has 0 spiro atoms. The van der Waals surface area contributed by atoms with Crippen molar-refractivity contribution in [3.63, 3.8) is 0 Å². The first-order chi connectivity index (χ1) is 7.38. The van der Waals surface area contributed by atoms with Crippen molar-refractivity contribution >= 4 is 28.2 Å². The molecule has 0 saturated heterocycles. The number of aromatic nitrogens is 2. The molecule has 84 valence electrons. The SMILES string of the molecule is OCCCCSc1nnc(NC2CC2)s1. The molecule has 0 unspecified atom stereocenters. The van der Waals surface area contributed by atoms with E-state index in [0.29, 0.717) is 6.04 Å². The van der Waals surface area contributed by atoms with Gasteiger partial charge in [-0.1, -0.05) is 23.1 Å². The summed E-state index contributed by atoms with van der Waals surface area (Å²) in [6, 6.07) is 0.644. The monoisotopic (exact) mass is 245 g/mol. The van der Waals surface area contributed by atoms with Crippen LogP contribution in [0.4, 0.5) is 5.13 Å². The van der Waals surface area contributed by atoms with E-state index in [-0.39, 0.29) is 6.61 Å². The fourth-order valence-electron chi connectivity index (χ4n) is 1.10. The average Bonchev–Trinajstić information content (AvgIpc) is 2.93. The zero-order valence-electron chi connectivity index (χ0n) is 8.48. The van der Waals surface area contributed by atoms with Gasteiger partial charge in [0.15, 0.2) is 4.34 Å². The average molecular weight is 245 g/mol. The van der Waals surface area contributed by atoms with Gasteiger partial charge < -0.3 is 10.4 Å². The topological polar surface area (TPSA) is 58.0 Å². The summed E-state index contributed by atoms with van der Waals surface area (Å²) in [7, 11) is 0. The zero-order valence-corrected chi connectivity index (χ0v) is 10.1. The number of nitrogens with zero attached hydrogens (tertiary/aromatic N) is 2. The minimum atomic E-state index is 0.283. The van der Waals surface area contributed by atoms with Crippen LogP contribution < -0.4 is 5.32 Å². The second kappa shape index (κ2) is 5.67. The highest BCUT2D eigenvalue weighted by Crippen LogP contribution is 2.30. The Labute approximate surface area is 97.5 Å². The van der Waals surface area contributed by atoms with Crippen LogP contribution in [0.3, 0.4) is 0 Å². The molecule has 1 aromatic rings. The lowest BCUT2D eigenvalue weighted by Gasteiger charge is -1.95. The van der Waals surface area contributed by atoms with Crippen molar-refractivity contribution in [2.45, 2.75) is 36.1 Å². The van der Waals surface area contributed by atoms with Gasteiger partial charge in [0.1, 0.15) is 0 Å². The number of nitrogens with one attached hydrogen (secondary N) is 1. The first-order valence-corrected chi connectivity index (χ1v) is 7.02. The van der Waals surface area contributed by atoms with Crippen molar-refractivity contribution in [2.24, 2.45) is 0 Å². The molecule has 0 aliphatic heterocycles. The van der Waals surface area contributed by atoms with Crippen LogP contribution in [0.5, 0.6) is 0 Å². The Bertz CT molecular complexity index is 301. The number of unbranched alkanes of at least 4 members (excludes halogenated alkanes) is 1. The molecule has 1 aromatic heterocycles. The van der Waals surface area contributed by atoms with E-state index in [1.54, 1.807) is 23.1 Å². The standard InChI is InChI=1S/C9H15N3OS2/c13-5-1-2-6-14-9-12-11-8(15-9)10-7-3-4-7/h7,13H,1-6H2,(H,10,11). The Morgan fingerprint density at radius 3 is 3.00 bits per heavy atom. The largest absolute Gasteiger partial charge is 0.396 e. The number of anilines is 1. The summed E-state index contributed by atoms with van der Waals surface area (Å²) in [5.41, 5.74) is 0. The van der Waals surface area contributed by atoms with E-state index in [2.05, 4.69) is 15.5 Å². The van der Waals surface area contributed by atoms with Crippen molar-refractivity contribution in [3.8, 4) is 0 Å². The Kier molecular flexibility index (Phi) is 4.22. The van der Waals surface area contributed by atoms with E-state index in [9.17, 15) is 0 Å². The van der Waals surface area contributed by atoms with Crippen LogP contribution >= 0.6 is 23.1 Å². The van der Waals surface area contributed by atoms with Gasteiger partial charge in [-0.25, -0.2) is 0 Å². The van der Waals surface area contributed by atoms with Crippen LogP contribution in [0.15, 0.2) is 4.34 Å². The number of aliphatic hydroxyl groups excluding tert-OH is 1. The Morgan fingerprint density at radius 2 is 2.27 bits per heavy atom. The molecule has 2 N–H and O–H groups in total. The van der Waals surface area contributed by atoms with Gasteiger partial charge in [-0.15, -0.1) is 10.2 Å². The quantitative estimate of drug-likeness (QED) is 0.568. The molecule has 0 atom stereocenters. The lowest BCUT2D eigenvalue weighted by molar-refractivity contribution is 0.287. The van der Waals surface area contributed by atoms with E-state index in [1.165, 1.54) is 12.8 Å². The van der Waals surface area contributed by atoms with Crippen molar-refractivity contribution in [1.29, 1.82) is 0 Å². The van der Waals surface area contributed by atoms with Gasteiger partial charge in [-0.05, 0) is 25.7 Å². The second-order valence-corrected chi connectivity index (χ2v) is 5.89. The summed E-state index contributed by atoms with van der Waals surface area (Å²) in [6.45, 7) is 0.283. The maximum Gasteiger partial charge on any atom is 0.206 e. The van der Waals surface area contributed by atoms with Crippen molar-refractivity contribution in [1.82, 2.24) is 10.2 Å². The summed E-state index contributed by atoms with van der Waals surface area (Å²) in [4.78, 5) is 0. The van der Waals surface area contributed by atoms with Crippen molar-refractivity contribution < 1.29 is 5.11 Å². The number of thioether (sulfide) groups is 1. The fraction of sp³-hybridized carbons (Fsp3) is 0.778. The van der Waals surface area contributed by atoms with Gasteiger partial charge in [-0.3, -0.25) is 0 Å². The Morgan fingerprint density at radius 1 is 1.40 bits per heavy atom. The molecule has 15 heavy (non-hydrogen) atoms. The smallest absolute Gasteiger partial charge is 0.206 e. The summed E-state index contributed by atoms with van der Waals surface area (Å²) in [5, 5.41) is 21.1. The third kappa shape index (κ3) is 3.96. The molecule has 1 fully saturated rings. The van der Waals surface area contributed by atoms with E-state index in [1.807, 2.05) is 0 Å². The molecular formula is C9H15N3OS2. The van der Waals surface area contributed by atoms with Crippen LogP contribution in [-0.4, -0.2) is 33.7 Å². The van der Waals surface area contributed by atoms with E-state index < -0.39 is 0 Å². The lowest BCUT2D eigenvalue weighted by atomic mass is 10.4. The molecule has 2 rings (SSSR count). The third-order valence-electron chi connectivity index (χ3n) is 2.09. The summed E-state index contributed by atoms with van der Waals surface area (Å²) in [6.07, 6.45) is 4.43. The highest BCUT2D eigenvalue weighted by atomic mass is 32.2. The molecule has 0 aromatic carbocycles. The van der Waals surface area contributed by atoms with Crippen LogP contribution in [0, 0.1) is 0 Å². The molecule has 6 heteroatoms. The molecule has 1 aliphatic rings. The van der Waals surface area contributed by atoms with Gasteiger partial charge in [0.2, 0.25) is 5.13 Å². The first kappa shape index (κ1) is 11.2. The second-order valence-electron chi connectivity index (χ2n) is 3.57. The van der Waals surface area contributed by atoms with Gasteiger partial charge in [0.25, 0.3) is 0 Å². The highest BCUT2D eigenvalue weighted by Gasteiger charge is 2.22. The summed E-state index contributed by atoms with van der Waals surface area (Å²) < 4.78 is 1.02. The maximum absolute atomic E-state index is 8.63. The Hall–Kier alpha value is -0.330. The number of hydrogen-bond acceptors (Lipinski definition) is 6. The first-order valence-electron chi connectivity index (χ1n) is 5.22. The number of rotatable bonds is 7. The molecule has 1 aliphatic carbocycles. The van der Waals surface area contributed by atoms with Crippen LogP contribution in [-0.2, 0) is 0 Å².